The maximum atomic E-state index is 11.0. The van der Waals surface area contributed by atoms with E-state index in [1.165, 1.54) is 11.5 Å². The summed E-state index contributed by atoms with van der Waals surface area (Å²) in [5.41, 5.74) is -0.0509. The zero-order valence-electron chi connectivity index (χ0n) is 8.80. The summed E-state index contributed by atoms with van der Waals surface area (Å²) in [5.74, 6) is 0.718. The number of nitrogens with zero attached hydrogens (tertiary/aromatic N) is 4. The van der Waals surface area contributed by atoms with Crippen LogP contribution in [0.15, 0.2) is 10.9 Å². The van der Waals surface area contributed by atoms with Gasteiger partial charge >= 0.3 is 0 Å². The van der Waals surface area contributed by atoms with Gasteiger partial charge in [0.05, 0.1) is 0 Å². The molecule has 0 bridgehead atoms. The van der Waals surface area contributed by atoms with Crippen molar-refractivity contribution < 1.29 is 0 Å². The van der Waals surface area contributed by atoms with Gasteiger partial charge in [-0.3, -0.25) is 9.17 Å². The molecule has 2 aromatic heterocycles. The van der Waals surface area contributed by atoms with Crippen molar-refractivity contribution in [3.05, 3.63) is 22.2 Å². The van der Waals surface area contributed by atoms with Gasteiger partial charge in [0.15, 0.2) is 5.82 Å². The first-order valence-electron chi connectivity index (χ1n) is 4.87. The predicted molar refractivity (Wildman–Crippen MR) is 60.7 cm³/mol. The Bertz CT molecular complexity index is 475. The molecular weight excluding hydrogens is 228 g/mol. The SMILES string of the molecule is CN(CCCc1nn[nH]n1)c1cc(=O)[nH]s1. The van der Waals surface area contributed by atoms with Crippen LogP contribution in [0.4, 0.5) is 5.00 Å². The molecule has 16 heavy (non-hydrogen) atoms. The van der Waals surface area contributed by atoms with E-state index in [1.54, 1.807) is 6.07 Å². The molecule has 0 aliphatic carbocycles. The van der Waals surface area contributed by atoms with E-state index in [0.717, 1.165) is 30.2 Å². The lowest BCUT2D eigenvalue weighted by atomic mass is 10.3. The number of nitrogens with one attached hydrogen (secondary N) is 2. The van der Waals surface area contributed by atoms with E-state index in [0.29, 0.717) is 0 Å². The highest BCUT2D eigenvalue weighted by Crippen LogP contribution is 2.14. The second-order valence-electron chi connectivity index (χ2n) is 3.40. The van der Waals surface area contributed by atoms with Gasteiger partial charge in [0.2, 0.25) is 0 Å². The average Bonchev–Trinajstić information content (AvgIpc) is 2.89. The summed E-state index contributed by atoms with van der Waals surface area (Å²) in [6.07, 6.45) is 1.70. The maximum Gasteiger partial charge on any atom is 0.260 e. The van der Waals surface area contributed by atoms with E-state index in [1.807, 2.05) is 11.9 Å². The molecule has 7 nitrogen and oxygen atoms in total. The molecule has 0 aliphatic rings. The maximum absolute atomic E-state index is 11.0. The number of aryl methyl sites for hydroxylation is 1. The first kappa shape index (κ1) is 10.8. The largest absolute Gasteiger partial charge is 0.365 e. The number of hydrogen-bond donors (Lipinski definition) is 2. The lowest BCUT2D eigenvalue weighted by Gasteiger charge is -2.15. The Labute approximate surface area is 95.6 Å². The fourth-order valence-corrected chi connectivity index (χ4v) is 2.01. The molecule has 8 heteroatoms. The second-order valence-corrected chi connectivity index (χ2v) is 4.23. The van der Waals surface area contributed by atoms with Gasteiger partial charge in [0.1, 0.15) is 5.00 Å². The highest BCUT2D eigenvalue weighted by Gasteiger charge is 2.05. The zero-order chi connectivity index (χ0) is 11.4. The van der Waals surface area contributed by atoms with Crippen LogP contribution in [0, 0.1) is 0 Å². The predicted octanol–water partition coefficient (Wildman–Crippen LogP) is 0.0185. The van der Waals surface area contributed by atoms with Crippen molar-refractivity contribution in [1.82, 2.24) is 25.0 Å². The Morgan fingerprint density at radius 1 is 1.56 bits per heavy atom. The van der Waals surface area contributed by atoms with E-state index >= 15 is 0 Å². The monoisotopic (exact) mass is 240 g/mol. The van der Waals surface area contributed by atoms with Gasteiger partial charge in [-0.1, -0.05) is 5.21 Å². The fraction of sp³-hybridized carbons (Fsp3) is 0.500. The lowest BCUT2D eigenvalue weighted by Crippen LogP contribution is -2.18. The smallest absolute Gasteiger partial charge is 0.260 e. The molecule has 0 atom stereocenters. The van der Waals surface area contributed by atoms with Crippen LogP contribution in [0.5, 0.6) is 0 Å². The molecule has 2 aromatic rings. The van der Waals surface area contributed by atoms with E-state index < -0.39 is 0 Å². The van der Waals surface area contributed by atoms with Crippen LogP contribution in [0.2, 0.25) is 0 Å². The number of aromatic amines is 2. The minimum atomic E-state index is -0.0509. The van der Waals surface area contributed by atoms with Crippen LogP contribution in [0.3, 0.4) is 0 Å². The summed E-state index contributed by atoms with van der Waals surface area (Å²) in [6.45, 7) is 0.850. The third-order valence-electron chi connectivity index (χ3n) is 2.17. The minimum absolute atomic E-state index is 0.0509. The summed E-state index contributed by atoms with van der Waals surface area (Å²) < 4.78 is 2.66. The van der Waals surface area contributed by atoms with Gasteiger partial charge in [0, 0.05) is 26.1 Å². The van der Waals surface area contributed by atoms with Crippen LogP contribution in [-0.2, 0) is 6.42 Å². The normalized spacial score (nSPS) is 10.6. The highest BCUT2D eigenvalue weighted by atomic mass is 32.1. The van der Waals surface area contributed by atoms with Crippen LogP contribution < -0.4 is 10.5 Å². The van der Waals surface area contributed by atoms with Gasteiger partial charge in [0.25, 0.3) is 5.56 Å². The molecule has 2 rings (SSSR count). The number of anilines is 1. The summed E-state index contributed by atoms with van der Waals surface area (Å²) in [4.78, 5) is 13.0. The van der Waals surface area contributed by atoms with Crippen molar-refractivity contribution in [2.24, 2.45) is 0 Å². The standard InChI is InChI=1S/C8H12N6OS/c1-14(8-5-7(15)11-16-8)4-2-3-6-9-12-13-10-6/h5H,2-4H2,1H3,(H,11,15)(H,9,10,12,13). The van der Waals surface area contributed by atoms with Gasteiger partial charge in [-0.05, 0) is 18.0 Å². The third-order valence-corrected chi connectivity index (χ3v) is 3.11. The average molecular weight is 240 g/mol. The van der Waals surface area contributed by atoms with Crippen LogP contribution >= 0.6 is 11.5 Å². The first-order chi connectivity index (χ1) is 7.75. The lowest BCUT2D eigenvalue weighted by molar-refractivity contribution is 0.755. The van der Waals surface area contributed by atoms with Crippen LogP contribution in [0.25, 0.3) is 0 Å². The summed E-state index contributed by atoms with van der Waals surface area (Å²) in [5, 5.41) is 14.6. The van der Waals surface area contributed by atoms with Crippen molar-refractivity contribution in [2.45, 2.75) is 12.8 Å². The number of hydrogen-bond acceptors (Lipinski definition) is 6. The Kier molecular flexibility index (Phi) is 3.30. The number of rotatable bonds is 5. The molecule has 0 radical (unpaired) electrons. The van der Waals surface area contributed by atoms with E-state index in [2.05, 4.69) is 25.0 Å². The molecule has 2 heterocycles. The van der Waals surface area contributed by atoms with Crippen LogP contribution in [0.1, 0.15) is 12.2 Å². The van der Waals surface area contributed by atoms with Gasteiger partial charge in [-0.15, -0.1) is 10.2 Å². The first-order valence-corrected chi connectivity index (χ1v) is 5.69. The van der Waals surface area contributed by atoms with Gasteiger partial charge in [-0.25, -0.2) is 0 Å². The van der Waals surface area contributed by atoms with Crippen molar-refractivity contribution in [2.75, 3.05) is 18.5 Å². The number of H-pyrrole nitrogens is 2. The highest BCUT2D eigenvalue weighted by molar-refractivity contribution is 7.10. The molecule has 2 N–H and O–H groups in total. The van der Waals surface area contributed by atoms with E-state index in [4.69, 9.17) is 0 Å². The molecule has 0 spiro atoms. The molecule has 0 aliphatic heterocycles. The third kappa shape index (κ3) is 2.66. The minimum Gasteiger partial charge on any atom is -0.365 e. The Morgan fingerprint density at radius 2 is 2.44 bits per heavy atom. The zero-order valence-corrected chi connectivity index (χ0v) is 9.62. The fourth-order valence-electron chi connectivity index (χ4n) is 1.33. The topological polar surface area (TPSA) is 90.6 Å². The Hall–Kier alpha value is -1.70. The molecule has 0 amide bonds. The second kappa shape index (κ2) is 4.88. The van der Waals surface area contributed by atoms with Crippen molar-refractivity contribution in [1.29, 1.82) is 0 Å². The molecule has 0 fully saturated rings. The molecule has 0 unspecified atom stereocenters. The Morgan fingerprint density at radius 3 is 3.06 bits per heavy atom. The van der Waals surface area contributed by atoms with Gasteiger partial charge in [-0.2, -0.15) is 5.21 Å². The van der Waals surface area contributed by atoms with Crippen LogP contribution in [-0.4, -0.2) is 38.6 Å². The summed E-state index contributed by atoms with van der Waals surface area (Å²) in [7, 11) is 1.95. The van der Waals surface area contributed by atoms with Gasteiger partial charge < -0.3 is 4.90 Å². The summed E-state index contributed by atoms with van der Waals surface area (Å²) in [6, 6.07) is 1.60. The van der Waals surface area contributed by atoms with Crippen molar-refractivity contribution in [3.63, 3.8) is 0 Å². The van der Waals surface area contributed by atoms with Crippen molar-refractivity contribution >= 4 is 16.5 Å². The van der Waals surface area contributed by atoms with Crippen molar-refractivity contribution in [3.8, 4) is 0 Å². The molecule has 86 valence electrons. The number of aromatic nitrogens is 5. The molecule has 0 saturated heterocycles. The summed E-state index contributed by atoms with van der Waals surface area (Å²) >= 11 is 1.34. The molecular formula is C8H12N6OS. The Balaban J connectivity index is 1.80. The van der Waals surface area contributed by atoms with E-state index in [-0.39, 0.29) is 5.56 Å². The van der Waals surface area contributed by atoms with E-state index in [9.17, 15) is 4.79 Å². The number of tetrazole rings is 1. The quantitative estimate of drug-likeness (QED) is 0.768. The molecule has 0 aromatic carbocycles. The molecule has 0 saturated carbocycles.